The number of benzene rings is 14. The van der Waals surface area contributed by atoms with Gasteiger partial charge < -0.3 is 19.6 Å². The SMILES string of the molecule is C.C.Cc1cc(N(c2ccc(C(C)(C)c3ccccc3)cc2)c2ccc(C(C)(C)c3ccccc3)cc2)c(Cl)c(N(c2cccc(C(C)(C)C)c2)c2cccc(C(C)(C)C)c2)c1.Cc1cc2c3c(c1)N(c1cccc(C(C)(C)C)c1)c1cc(C(C)(C)C)ccc1B3c1cc(C(C)(C)c3ccccc3)ccc1N2c1ccc(C(C)(C)c2ccccc2)cc1. The fourth-order valence-electron chi connectivity index (χ4n) is 18.0. The highest BCUT2D eigenvalue weighted by Gasteiger charge is 2.45. The Kier molecular flexibility index (Phi) is 24.5. The highest BCUT2D eigenvalue weighted by atomic mass is 35.5. The van der Waals surface area contributed by atoms with Gasteiger partial charge in [-0.3, -0.25) is 0 Å². The zero-order valence-electron chi connectivity index (χ0n) is 74.9. The Labute approximate surface area is 738 Å². The monoisotopic (exact) mass is 1620 g/mol. The molecule has 0 saturated carbocycles. The number of hydrogen-bond donors (Lipinski definition) is 0. The molecule has 122 heavy (non-hydrogen) atoms. The van der Waals surface area contributed by atoms with E-state index in [0.29, 0.717) is 5.02 Å². The number of anilines is 12. The van der Waals surface area contributed by atoms with Gasteiger partial charge in [-0.2, -0.15) is 0 Å². The molecular weight excluding hydrogens is 1500 g/mol. The molecule has 4 nitrogen and oxygen atoms in total. The van der Waals surface area contributed by atoms with E-state index >= 15 is 0 Å². The van der Waals surface area contributed by atoms with E-state index in [2.05, 4.69) is 500 Å². The Bertz CT molecular complexity index is 5880. The second kappa shape index (κ2) is 33.8. The van der Waals surface area contributed by atoms with Crippen LogP contribution in [0.2, 0.25) is 5.02 Å². The largest absolute Gasteiger partial charge is 0.311 e. The van der Waals surface area contributed by atoms with Crippen LogP contribution in [0.4, 0.5) is 68.2 Å². The molecule has 16 rings (SSSR count). The summed E-state index contributed by atoms with van der Waals surface area (Å²) < 4.78 is 0. The molecule has 0 fully saturated rings. The maximum atomic E-state index is 7.91. The summed E-state index contributed by atoms with van der Waals surface area (Å²) in [5, 5.41) is 0.672. The molecule has 0 aromatic heterocycles. The Hall–Kier alpha value is -11.4. The van der Waals surface area contributed by atoms with Gasteiger partial charge in [0.1, 0.15) is 0 Å². The van der Waals surface area contributed by atoms with E-state index in [1.807, 2.05) is 0 Å². The Balaban J connectivity index is 0.000000207. The maximum Gasteiger partial charge on any atom is 0.252 e. The van der Waals surface area contributed by atoms with Crippen LogP contribution in [0, 0.1) is 13.8 Å². The molecule has 14 aromatic carbocycles. The Morgan fingerprint density at radius 2 is 0.549 bits per heavy atom. The van der Waals surface area contributed by atoms with E-state index < -0.39 is 0 Å². The highest BCUT2D eigenvalue weighted by molar-refractivity contribution is 7.00. The van der Waals surface area contributed by atoms with E-state index in [4.69, 9.17) is 11.6 Å². The molecule has 0 aliphatic carbocycles. The molecule has 14 aromatic rings. The van der Waals surface area contributed by atoms with Crippen molar-refractivity contribution in [3.8, 4) is 0 Å². The molecule has 2 heterocycles. The predicted molar refractivity (Wildman–Crippen MR) is 533 cm³/mol. The standard InChI is InChI=1S/C57H59BN2.C57H61ClN2.2CH4/c1-38-33-51-53-52(34-38)60(46-24-18-23-42(35-46)54(2,3)4)50-37-43(55(5,6)7)27-31-47(50)58(53)48-36-44(57(10,11)40-21-16-13-17-22-40)28-32-49(48)59(51)45-29-25-41(26-30-45)56(8,9)39-19-14-12-15-20-39;1-40-36-51(53(58)52(37-40)60(49-26-18-24-45(38-49)54(2,3)4)50-27-19-25-46(39-50)55(5,6)7)59(47-32-28-43(29-33-47)56(8,9)41-20-14-12-15-21-41)48-34-30-44(31-35-48)57(10,11)42-22-16-13-17-23-42;;/h12-37H,1-11H3;12-39H,1-11H3;2*1H4. The van der Waals surface area contributed by atoms with Crippen LogP contribution in [0.15, 0.2) is 328 Å². The number of halogens is 1. The zero-order valence-corrected chi connectivity index (χ0v) is 75.7. The smallest absolute Gasteiger partial charge is 0.252 e. The van der Waals surface area contributed by atoms with Gasteiger partial charge in [0.15, 0.2) is 0 Å². The van der Waals surface area contributed by atoms with Crippen molar-refractivity contribution in [2.75, 3.05) is 19.6 Å². The van der Waals surface area contributed by atoms with Crippen LogP contribution < -0.4 is 36.0 Å². The third-order valence-corrected chi connectivity index (χ3v) is 26.3. The van der Waals surface area contributed by atoms with Crippen molar-refractivity contribution in [3.05, 3.63) is 410 Å². The third-order valence-electron chi connectivity index (χ3n) is 25.9. The quantitative estimate of drug-likeness (QED) is 0.0894. The summed E-state index contributed by atoms with van der Waals surface area (Å²) in [6.07, 6.45) is 0. The van der Waals surface area contributed by atoms with Crippen molar-refractivity contribution >= 4 is 103 Å². The van der Waals surface area contributed by atoms with Gasteiger partial charge in [-0.1, -0.05) is 383 Å². The predicted octanol–water partition coefficient (Wildman–Crippen LogP) is 31.4. The summed E-state index contributed by atoms with van der Waals surface area (Å²) in [5.74, 6) is 0. The van der Waals surface area contributed by atoms with Crippen LogP contribution in [0.3, 0.4) is 0 Å². The number of aryl methyl sites for hydroxylation is 2. The molecule has 0 amide bonds. The first-order chi connectivity index (χ1) is 56.8. The molecule has 2 aliphatic rings. The normalized spacial score (nSPS) is 12.9. The second-order valence-corrected chi connectivity index (χ2v) is 40.3. The lowest BCUT2D eigenvalue weighted by Gasteiger charge is -2.45. The summed E-state index contributed by atoms with van der Waals surface area (Å²) in [4.78, 5) is 9.80. The first-order valence-corrected chi connectivity index (χ1v) is 43.5. The minimum absolute atomic E-state index is 0. The van der Waals surface area contributed by atoms with E-state index in [0.717, 1.165) is 39.7 Å². The van der Waals surface area contributed by atoms with E-state index in [-0.39, 0.29) is 64.9 Å². The van der Waals surface area contributed by atoms with Crippen LogP contribution in [-0.4, -0.2) is 6.71 Å². The number of fused-ring (bicyclic) bond motifs is 4. The van der Waals surface area contributed by atoms with Gasteiger partial charge in [0.05, 0.1) is 16.4 Å². The van der Waals surface area contributed by atoms with Gasteiger partial charge >= 0.3 is 0 Å². The molecule has 0 spiro atoms. The van der Waals surface area contributed by atoms with Gasteiger partial charge in [-0.25, -0.2) is 0 Å². The van der Waals surface area contributed by atoms with E-state index in [9.17, 15) is 0 Å². The molecular formula is C116H128BClN4. The maximum absolute atomic E-state index is 7.91. The second-order valence-electron chi connectivity index (χ2n) is 39.9. The van der Waals surface area contributed by atoms with Gasteiger partial charge in [-0.05, 0) is 239 Å². The third kappa shape index (κ3) is 17.2. The van der Waals surface area contributed by atoms with E-state index in [1.165, 1.54) is 123 Å². The van der Waals surface area contributed by atoms with Gasteiger partial charge in [-0.15, -0.1) is 0 Å². The summed E-state index contributed by atoms with van der Waals surface area (Å²) in [7, 11) is 0. The lowest BCUT2D eigenvalue weighted by Crippen LogP contribution is -2.61. The fourth-order valence-corrected chi connectivity index (χ4v) is 18.2. The molecule has 0 unspecified atom stereocenters. The van der Waals surface area contributed by atoms with Crippen molar-refractivity contribution in [1.29, 1.82) is 0 Å². The van der Waals surface area contributed by atoms with Gasteiger partial charge in [0, 0.05) is 78.5 Å². The number of hydrogen-bond acceptors (Lipinski definition) is 4. The Morgan fingerprint density at radius 3 is 0.951 bits per heavy atom. The van der Waals surface area contributed by atoms with Crippen LogP contribution in [0.5, 0.6) is 0 Å². The fraction of sp³-hybridized carbons (Fsp3) is 0.276. The summed E-state index contributed by atoms with van der Waals surface area (Å²) in [5.41, 5.74) is 34.6. The van der Waals surface area contributed by atoms with Crippen molar-refractivity contribution in [3.63, 3.8) is 0 Å². The van der Waals surface area contributed by atoms with Crippen LogP contribution in [0.25, 0.3) is 0 Å². The van der Waals surface area contributed by atoms with Crippen LogP contribution in [-0.2, 0) is 43.3 Å². The van der Waals surface area contributed by atoms with Gasteiger partial charge in [0.25, 0.3) is 6.71 Å². The van der Waals surface area contributed by atoms with E-state index in [1.54, 1.807) is 0 Å². The van der Waals surface area contributed by atoms with Crippen LogP contribution in [0.1, 0.15) is 231 Å². The molecule has 622 valence electrons. The number of rotatable bonds is 16. The molecule has 0 atom stereocenters. The molecule has 0 saturated heterocycles. The minimum atomic E-state index is -0.199. The minimum Gasteiger partial charge on any atom is -0.311 e. The average Bonchev–Trinajstić information content (AvgIpc) is 0.692. The highest BCUT2D eigenvalue weighted by Crippen LogP contribution is 2.52. The van der Waals surface area contributed by atoms with Gasteiger partial charge in [0.2, 0.25) is 0 Å². The summed E-state index contributed by atoms with van der Waals surface area (Å²) in [6.45, 7) is 50.6. The zero-order chi connectivity index (χ0) is 85.4. The molecule has 6 heteroatoms. The van der Waals surface area contributed by atoms with Crippen molar-refractivity contribution in [2.24, 2.45) is 0 Å². The molecule has 0 bridgehead atoms. The first-order valence-electron chi connectivity index (χ1n) is 43.1. The summed E-state index contributed by atoms with van der Waals surface area (Å²) in [6, 6.07) is 122. The molecule has 0 radical (unpaired) electrons. The topological polar surface area (TPSA) is 13.0 Å². The average molecular weight is 1620 g/mol. The lowest BCUT2D eigenvalue weighted by atomic mass is 9.33. The summed E-state index contributed by atoms with van der Waals surface area (Å²) >= 11 is 7.91. The first kappa shape index (κ1) is 88.4. The molecule has 2 aliphatic heterocycles. The molecule has 0 N–H and O–H groups in total. The van der Waals surface area contributed by atoms with Crippen LogP contribution >= 0.6 is 11.6 Å². The Morgan fingerprint density at radius 1 is 0.238 bits per heavy atom. The number of nitrogens with zero attached hydrogens (tertiary/aromatic N) is 4. The lowest BCUT2D eigenvalue weighted by molar-refractivity contribution is 0.589. The van der Waals surface area contributed by atoms with Crippen molar-refractivity contribution in [2.45, 2.75) is 210 Å². The van der Waals surface area contributed by atoms with Crippen molar-refractivity contribution in [1.82, 2.24) is 0 Å². The van der Waals surface area contributed by atoms with Crippen molar-refractivity contribution < 1.29 is 0 Å².